The third kappa shape index (κ3) is 3.83. The number of hydrogen-bond donors (Lipinski definition) is 0. The van der Waals surface area contributed by atoms with Crippen molar-refractivity contribution in [1.29, 1.82) is 0 Å². The SMILES string of the molecule is Cc1ccn(-c2cccc3c2CCC3)c(=O)c1C(=O)N1CCN(C2CCOCC2)CC1. The summed E-state index contributed by atoms with van der Waals surface area (Å²) in [5.74, 6) is -0.129. The molecule has 1 aromatic carbocycles. The van der Waals surface area contributed by atoms with Gasteiger partial charge in [0.15, 0.2) is 0 Å². The molecule has 0 atom stereocenters. The molecule has 1 amide bonds. The molecule has 1 aromatic heterocycles. The maximum atomic E-state index is 13.5. The molecule has 2 aliphatic heterocycles. The van der Waals surface area contributed by atoms with Crippen molar-refractivity contribution in [2.24, 2.45) is 0 Å². The fourth-order valence-electron chi connectivity index (χ4n) is 5.40. The molecule has 0 saturated carbocycles. The van der Waals surface area contributed by atoms with Gasteiger partial charge in [0.2, 0.25) is 0 Å². The fraction of sp³-hybridized carbons (Fsp3) is 0.520. The van der Waals surface area contributed by atoms with Crippen LogP contribution in [0.15, 0.2) is 35.3 Å². The van der Waals surface area contributed by atoms with Crippen LogP contribution in [0, 0.1) is 6.92 Å². The van der Waals surface area contributed by atoms with E-state index in [1.165, 1.54) is 11.1 Å². The van der Waals surface area contributed by atoms with Gasteiger partial charge in [-0.25, -0.2) is 0 Å². The number of benzene rings is 1. The predicted octanol–water partition coefficient (Wildman–Crippen LogP) is 2.57. The lowest BCUT2D eigenvalue weighted by Crippen LogP contribution is -2.53. The number of hydrogen-bond acceptors (Lipinski definition) is 4. The van der Waals surface area contributed by atoms with Crippen LogP contribution >= 0.6 is 0 Å². The van der Waals surface area contributed by atoms with E-state index in [1.807, 2.05) is 36.2 Å². The van der Waals surface area contributed by atoms with Crippen LogP contribution in [0.3, 0.4) is 0 Å². The van der Waals surface area contributed by atoms with Gasteiger partial charge in [0.25, 0.3) is 11.5 Å². The largest absolute Gasteiger partial charge is 0.381 e. The molecular formula is C25H31N3O3. The molecule has 5 rings (SSSR count). The van der Waals surface area contributed by atoms with Gasteiger partial charge in [-0.15, -0.1) is 0 Å². The van der Waals surface area contributed by atoms with E-state index in [-0.39, 0.29) is 11.5 Å². The highest BCUT2D eigenvalue weighted by atomic mass is 16.5. The molecule has 164 valence electrons. The lowest BCUT2D eigenvalue weighted by molar-refractivity contribution is 0.0137. The average molecular weight is 422 g/mol. The minimum absolute atomic E-state index is 0.129. The van der Waals surface area contributed by atoms with Gasteiger partial charge in [-0.3, -0.25) is 19.1 Å². The van der Waals surface area contributed by atoms with Crippen LogP contribution < -0.4 is 5.56 Å². The van der Waals surface area contributed by atoms with Gasteiger partial charge in [-0.05, 0) is 67.9 Å². The molecule has 2 aromatic rings. The summed E-state index contributed by atoms with van der Waals surface area (Å²) in [6, 6.07) is 8.63. The molecule has 0 N–H and O–H groups in total. The third-order valence-electron chi connectivity index (χ3n) is 7.20. The van der Waals surface area contributed by atoms with Crippen LogP contribution in [0.2, 0.25) is 0 Å². The van der Waals surface area contributed by atoms with Crippen LogP contribution in [-0.2, 0) is 17.6 Å². The second-order valence-electron chi connectivity index (χ2n) is 8.99. The molecule has 2 saturated heterocycles. The first kappa shape index (κ1) is 20.5. The summed E-state index contributed by atoms with van der Waals surface area (Å²) in [5.41, 5.74) is 4.37. The minimum atomic E-state index is -0.197. The quantitative estimate of drug-likeness (QED) is 0.765. The molecule has 3 aliphatic rings. The van der Waals surface area contributed by atoms with Crippen molar-refractivity contribution in [2.45, 2.75) is 45.1 Å². The molecule has 31 heavy (non-hydrogen) atoms. The van der Waals surface area contributed by atoms with Crippen molar-refractivity contribution in [2.75, 3.05) is 39.4 Å². The van der Waals surface area contributed by atoms with E-state index in [1.54, 1.807) is 4.57 Å². The fourth-order valence-corrected chi connectivity index (χ4v) is 5.40. The Morgan fingerprint density at radius 1 is 1.03 bits per heavy atom. The Balaban J connectivity index is 1.38. The Kier molecular flexibility index (Phi) is 5.67. The number of pyridine rings is 1. The Hall–Kier alpha value is -2.44. The number of carbonyl (C=O) groups excluding carboxylic acids is 1. The smallest absolute Gasteiger partial charge is 0.268 e. The number of aromatic nitrogens is 1. The normalized spacial score (nSPS) is 20.1. The van der Waals surface area contributed by atoms with Gasteiger partial charge in [0.05, 0.1) is 5.69 Å². The number of aryl methyl sites for hydroxylation is 2. The van der Waals surface area contributed by atoms with E-state index in [0.717, 1.165) is 69.7 Å². The number of fused-ring (bicyclic) bond motifs is 1. The monoisotopic (exact) mass is 421 g/mol. The second kappa shape index (κ2) is 8.60. The molecule has 0 radical (unpaired) electrons. The van der Waals surface area contributed by atoms with Crippen molar-refractivity contribution in [3.8, 4) is 5.69 Å². The first-order valence-electron chi connectivity index (χ1n) is 11.6. The van der Waals surface area contributed by atoms with E-state index in [2.05, 4.69) is 11.0 Å². The van der Waals surface area contributed by atoms with E-state index >= 15 is 0 Å². The highest BCUT2D eigenvalue weighted by molar-refractivity contribution is 5.95. The van der Waals surface area contributed by atoms with Crippen LogP contribution in [0.1, 0.15) is 46.3 Å². The highest BCUT2D eigenvalue weighted by Gasteiger charge is 2.30. The summed E-state index contributed by atoms with van der Waals surface area (Å²) in [4.78, 5) is 31.2. The minimum Gasteiger partial charge on any atom is -0.381 e. The third-order valence-corrected chi connectivity index (χ3v) is 7.20. The van der Waals surface area contributed by atoms with E-state index in [9.17, 15) is 9.59 Å². The van der Waals surface area contributed by atoms with E-state index < -0.39 is 0 Å². The second-order valence-corrected chi connectivity index (χ2v) is 8.99. The summed E-state index contributed by atoms with van der Waals surface area (Å²) < 4.78 is 7.16. The highest BCUT2D eigenvalue weighted by Crippen LogP contribution is 2.27. The van der Waals surface area contributed by atoms with Crippen molar-refractivity contribution < 1.29 is 9.53 Å². The molecule has 2 fully saturated rings. The first-order chi connectivity index (χ1) is 15.1. The van der Waals surface area contributed by atoms with Crippen molar-refractivity contribution in [1.82, 2.24) is 14.4 Å². The zero-order valence-corrected chi connectivity index (χ0v) is 18.3. The lowest BCUT2D eigenvalue weighted by Gasteiger charge is -2.40. The first-order valence-corrected chi connectivity index (χ1v) is 11.6. The van der Waals surface area contributed by atoms with Gasteiger partial charge < -0.3 is 9.64 Å². The van der Waals surface area contributed by atoms with Crippen LogP contribution in [0.5, 0.6) is 0 Å². The van der Waals surface area contributed by atoms with Crippen LogP contribution in [-0.4, -0.2) is 65.7 Å². The summed E-state index contributed by atoms with van der Waals surface area (Å²) >= 11 is 0. The lowest BCUT2D eigenvalue weighted by atomic mass is 10.0. The Morgan fingerprint density at radius 2 is 1.81 bits per heavy atom. The predicted molar refractivity (Wildman–Crippen MR) is 120 cm³/mol. The zero-order chi connectivity index (χ0) is 21.4. The van der Waals surface area contributed by atoms with Gasteiger partial charge in [-0.1, -0.05) is 12.1 Å². The zero-order valence-electron chi connectivity index (χ0n) is 18.3. The van der Waals surface area contributed by atoms with Crippen molar-refractivity contribution in [3.63, 3.8) is 0 Å². The van der Waals surface area contributed by atoms with E-state index in [4.69, 9.17) is 4.74 Å². The number of nitrogens with zero attached hydrogens (tertiary/aromatic N) is 3. The maximum absolute atomic E-state index is 13.5. The van der Waals surface area contributed by atoms with Crippen molar-refractivity contribution >= 4 is 5.91 Å². The van der Waals surface area contributed by atoms with Gasteiger partial charge in [-0.2, -0.15) is 0 Å². The molecule has 1 aliphatic carbocycles. The summed E-state index contributed by atoms with van der Waals surface area (Å²) in [6.45, 7) is 6.60. The number of rotatable bonds is 3. The molecule has 6 nitrogen and oxygen atoms in total. The molecule has 3 heterocycles. The molecule has 0 unspecified atom stereocenters. The Bertz CT molecular complexity index is 1030. The summed E-state index contributed by atoms with van der Waals surface area (Å²) in [5, 5.41) is 0. The number of ether oxygens (including phenoxy) is 1. The summed E-state index contributed by atoms with van der Waals surface area (Å²) in [7, 11) is 0. The Labute approximate surface area is 183 Å². The molecule has 6 heteroatoms. The van der Waals surface area contributed by atoms with Crippen LogP contribution in [0.25, 0.3) is 5.69 Å². The van der Waals surface area contributed by atoms with Gasteiger partial charge in [0, 0.05) is 51.6 Å². The summed E-state index contributed by atoms with van der Waals surface area (Å²) in [6.07, 6.45) is 7.13. The van der Waals surface area contributed by atoms with Crippen LogP contribution in [0.4, 0.5) is 0 Å². The number of amides is 1. The molecule has 0 spiro atoms. The number of carbonyl (C=O) groups is 1. The Morgan fingerprint density at radius 3 is 2.58 bits per heavy atom. The average Bonchev–Trinajstić information content (AvgIpc) is 3.29. The standard InChI is InChI=1S/C25H31N3O3/c1-18-8-11-28(22-7-3-5-19-4-2-6-21(19)22)25(30)23(18)24(29)27-14-12-26(13-15-27)20-9-16-31-17-10-20/h3,5,7-8,11,20H,2,4,6,9-10,12-17H2,1H3. The molecule has 0 bridgehead atoms. The van der Waals surface area contributed by atoms with E-state index in [0.29, 0.717) is 24.7 Å². The van der Waals surface area contributed by atoms with Gasteiger partial charge >= 0.3 is 0 Å². The topological polar surface area (TPSA) is 54.8 Å². The maximum Gasteiger partial charge on any atom is 0.268 e. The van der Waals surface area contributed by atoms with Crippen molar-refractivity contribution in [3.05, 3.63) is 63.1 Å². The molecular weight excluding hydrogens is 390 g/mol. The van der Waals surface area contributed by atoms with Gasteiger partial charge in [0.1, 0.15) is 5.56 Å². The number of piperazine rings is 1.